The minimum absolute atomic E-state index is 0.453. The Bertz CT molecular complexity index is 303. The van der Waals surface area contributed by atoms with Crippen LogP contribution in [0.4, 0.5) is 13.2 Å². The Morgan fingerprint density at radius 3 is 2.27 bits per heavy atom. The molecule has 0 aliphatic heterocycles. The topological polar surface area (TPSA) is 38.4 Å². The van der Waals surface area contributed by atoms with Gasteiger partial charge in [-0.15, -0.1) is 11.8 Å². The van der Waals surface area contributed by atoms with Gasteiger partial charge in [0.15, 0.2) is 0 Å². The predicted octanol–water partition coefficient (Wildman–Crippen LogP) is 3.25. The van der Waals surface area contributed by atoms with Crippen molar-refractivity contribution >= 4 is 29.6 Å². The van der Waals surface area contributed by atoms with Crippen molar-refractivity contribution in [1.29, 1.82) is 0 Å². The van der Waals surface area contributed by atoms with Gasteiger partial charge in [-0.1, -0.05) is 17.7 Å². The third kappa shape index (κ3) is 5.13. The minimum atomic E-state index is -4.59. The fourth-order valence-corrected chi connectivity index (χ4v) is 1.19. The molecule has 0 radical (unpaired) electrons. The highest BCUT2D eigenvalue weighted by Crippen LogP contribution is 2.27. The van der Waals surface area contributed by atoms with Gasteiger partial charge in [0, 0.05) is 6.21 Å². The first-order valence-electron chi connectivity index (χ1n) is 3.79. The molecule has 0 spiro atoms. The van der Waals surface area contributed by atoms with Gasteiger partial charge in [-0.3, -0.25) is 0 Å². The summed E-state index contributed by atoms with van der Waals surface area (Å²) in [4.78, 5) is 3.61. The van der Waals surface area contributed by atoms with Gasteiger partial charge in [0.05, 0.1) is 5.03 Å². The Morgan fingerprint density at radius 1 is 1.47 bits per heavy atom. The summed E-state index contributed by atoms with van der Waals surface area (Å²) in [5, 5.41) is -0.363. The molecule has 0 unspecified atom stereocenters. The van der Waals surface area contributed by atoms with Gasteiger partial charge in [-0.2, -0.15) is 13.2 Å². The van der Waals surface area contributed by atoms with Crippen LogP contribution in [0.5, 0.6) is 0 Å². The van der Waals surface area contributed by atoms with E-state index in [1.165, 1.54) is 11.8 Å². The van der Waals surface area contributed by atoms with Crippen molar-refractivity contribution in [2.24, 2.45) is 10.7 Å². The number of thioether (sulfide) groups is 1. The van der Waals surface area contributed by atoms with Crippen molar-refractivity contribution in [1.82, 2.24) is 0 Å². The summed E-state index contributed by atoms with van der Waals surface area (Å²) in [6, 6.07) is 0. The van der Waals surface area contributed by atoms with Crippen LogP contribution in [0.1, 0.15) is 6.92 Å². The van der Waals surface area contributed by atoms with Crippen LogP contribution in [0.25, 0.3) is 0 Å². The largest absolute Gasteiger partial charge is 0.420 e. The third-order valence-electron chi connectivity index (χ3n) is 1.34. The molecular weight excluding hydrogens is 249 g/mol. The second kappa shape index (κ2) is 6.07. The summed E-state index contributed by atoms with van der Waals surface area (Å²) in [5.41, 5.74) is 3.76. The molecule has 0 saturated heterocycles. The number of hydrogen-bond acceptors (Lipinski definition) is 3. The third-order valence-corrected chi connectivity index (χ3v) is 2.30. The molecular formula is C8H10ClF3N2S. The molecule has 0 aromatic rings. The lowest BCUT2D eigenvalue weighted by atomic mass is 10.3. The van der Waals surface area contributed by atoms with Crippen molar-refractivity contribution in [2.75, 3.05) is 6.26 Å². The monoisotopic (exact) mass is 258 g/mol. The molecule has 0 aromatic heterocycles. The first kappa shape index (κ1) is 14.4. The van der Waals surface area contributed by atoms with E-state index >= 15 is 0 Å². The predicted molar refractivity (Wildman–Crippen MR) is 58.9 cm³/mol. The van der Waals surface area contributed by atoms with Crippen LogP contribution in [0.15, 0.2) is 26.8 Å². The van der Waals surface area contributed by atoms with E-state index in [9.17, 15) is 13.2 Å². The average molecular weight is 259 g/mol. The van der Waals surface area contributed by atoms with E-state index in [4.69, 9.17) is 17.3 Å². The molecule has 0 saturated carbocycles. The molecule has 86 valence electrons. The Morgan fingerprint density at radius 2 is 2.00 bits per heavy atom. The van der Waals surface area contributed by atoms with E-state index in [1.807, 2.05) is 0 Å². The highest BCUT2D eigenvalue weighted by atomic mass is 35.5. The first-order valence-corrected chi connectivity index (χ1v) is 5.40. The SMILES string of the molecule is C\C=C(/N=C\C(=C(/N)Cl)C(F)(F)F)SC. The fourth-order valence-electron chi connectivity index (χ4n) is 0.644. The molecule has 15 heavy (non-hydrogen) atoms. The summed E-state index contributed by atoms with van der Waals surface area (Å²) in [6.07, 6.45) is -0.686. The summed E-state index contributed by atoms with van der Waals surface area (Å²) >= 11 is 6.34. The van der Waals surface area contributed by atoms with Crippen LogP contribution in [-0.4, -0.2) is 18.6 Å². The molecule has 0 aliphatic carbocycles. The highest BCUT2D eigenvalue weighted by molar-refractivity contribution is 8.02. The zero-order valence-corrected chi connectivity index (χ0v) is 9.67. The molecule has 2 N–H and O–H groups in total. The number of hydrogen-bond donors (Lipinski definition) is 1. The van der Waals surface area contributed by atoms with E-state index in [0.29, 0.717) is 11.2 Å². The number of rotatable bonds is 3. The average Bonchev–Trinajstić information content (AvgIpc) is 2.09. The van der Waals surface area contributed by atoms with E-state index in [0.717, 1.165) is 0 Å². The maximum absolute atomic E-state index is 12.3. The van der Waals surface area contributed by atoms with Crippen LogP contribution >= 0.6 is 23.4 Å². The van der Waals surface area contributed by atoms with E-state index in [1.54, 1.807) is 19.3 Å². The number of allylic oxidation sites excluding steroid dienone is 2. The Labute approximate surface area is 95.1 Å². The van der Waals surface area contributed by atoms with Gasteiger partial charge in [-0.05, 0) is 13.2 Å². The normalized spacial score (nSPS) is 15.7. The standard InChI is InChI=1S/C8H10ClF3N2S/c1-3-6(15-2)14-4-5(7(9)13)8(10,11)12/h3-4H,13H2,1-2H3/b6-3+,7-5+,14-4-. The number of halogens is 4. The van der Waals surface area contributed by atoms with Crippen LogP contribution in [0.3, 0.4) is 0 Å². The molecule has 0 fully saturated rings. The summed E-state index contributed by atoms with van der Waals surface area (Å²) < 4.78 is 36.9. The summed E-state index contributed by atoms with van der Waals surface area (Å²) in [7, 11) is 0. The zero-order chi connectivity index (χ0) is 12.1. The van der Waals surface area contributed by atoms with Crippen LogP contribution < -0.4 is 5.73 Å². The molecule has 0 aliphatic rings. The van der Waals surface area contributed by atoms with Crippen molar-refractivity contribution in [3.05, 3.63) is 21.8 Å². The molecule has 0 aromatic carbocycles. The maximum atomic E-state index is 12.3. The molecule has 0 amide bonds. The smallest absolute Gasteiger partial charge is 0.389 e. The van der Waals surface area contributed by atoms with Gasteiger partial charge in [0.25, 0.3) is 0 Å². The first-order chi connectivity index (χ1) is 6.82. The van der Waals surface area contributed by atoms with Gasteiger partial charge < -0.3 is 5.73 Å². The van der Waals surface area contributed by atoms with Crippen molar-refractivity contribution < 1.29 is 13.2 Å². The lowest BCUT2D eigenvalue weighted by molar-refractivity contribution is -0.0860. The number of nitrogens with zero attached hydrogens (tertiary/aromatic N) is 1. The summed E-state index contributed by atoms with van der Waals surface area (Å²) in [6.45, 7) is 1.67. The van der Waals surface area contributed by atoms with Crippen LogP contribution in [0, 0.1) is 0 Å². The highest BCUT2D eigenvalue weighted by Gasteiger charge is 2.34. The van der Waals surface area contributed by atoms with E-state index in [-0.39, 0.29) is 0 Å². The van der Waals surface area contributed by atoms with Gasteiger partial charge >= 0.3 is 6.18 Å². The minimum Gasteiger partial charge on any atom is -0.389 e. The van der Waals surface area contributed by atoms with E-state index < -0.39 is 16.9 Å². The van der Waals surface area contributed by atoms with Gasteiger partial charge in [0.1, 0.15) is 10.7 Å². The molecule has 0 rings (SSSR count). The van der Waals surface area contributed by atoms with Crippen molar-refractivity contribution in [2.45, 2.75) is 13.1 Å². The lowest BCUT2D eigenvalue weighted by Gasteiger charge is -2.07. The van der Waals surface area contributed by atoms with Gasteiger partial charge in [-0.25, -0.2) is 4.99 Å². The Balaban J connectivity index is 4.98. The number of nitrogens with two attached hydrogens (primary N) is 1. The van der Waals surface area contributed by atoms with Crippen molar-refractivity contribution in [3.8, 4) is 0 Å². The second-order valence-electron chi connectivity index (χ2n) is 2.35. The lowest BCUT2D eigenvalue weighted by Crippen LogP contribution is -2.17. The molecule has 7 heteroatoms. The molecule has 0 bridgehead atoms. The number of alkyl halides is 3. The fraction of sp³-hybridized carbons (Fsp3) is 0.375. The van der Waals surface area contributed by atoms with Crippen molar-refractivity contribution in [3.63, 3.8) is 0 Å². The second-order valence-corrected chi connectivity index (χ2v) is 3.58. The molecule has 2 nitrogen and oxygen atoms in total. The van der Waals surface area contributed by atoms with Crippen LogP contribution in [-0.2, 0) is 0 Å². The quantitative estimate of drug-likeness (QED) is 0.623. The zero-order valence-electron chi connectivity index (χ0n) is 8.10. The maximum Gasteiger partial charge on any atom is 0.420 e. The van der Waals surface area contributed by atoms with Gasteiger partial charge in [0.2, 0.25) is 0 Å². The Hall–Kier alpha value is -0.620. The molecule has 0 atom stereocenters. The van der Waals surface area contributed by atoms with E-state index in [2.05, 4.69) is 4.99 Å². The molecule has 0 heterocycles. The Kier molecular flexibility index (Phi) is 5.82. The summed E-state index contributed by atoms with van der Waals surface area (Å²) in [5.74, 6) is 0. The number of aliphatic imine (C=N–C) groups is 1. The van der Waals surface area contributed by atoms with Crippen LogP contribution in [0.2, 0.25) is 0 Å².